The molecule has 88 valence electrons. The minimum atomic E-state index is 0.0471. The largest absolute Gasteiger partial charge is 0.288 e. The molecule has 0 saturated heterocycles. The van der Waals surface area contributed by atoms with Gasteiger partial charge in [-0.15, -0.1) is 0 Å². The van der Waals surface area contributed by atoms with Crippen molar-refractivity contribution in [2.24, 2.45) is 0 Å². The molecule has 0 bridgehead atoms. The third-order valence-corrected chi connectivity index (χ3v) is 2.86. The molecule has 0 aliphatic rings. The zero-order valence-corrected chi connectivity index (χ0v) is 10.4. The fraction of sp³-hybridized carbons (Fsp3) is 0.286. The van der Waals surface area contributed by atoms with Crippen molar-refractivity contribution in [2.45, 2.75) is 27.3 Å². The molecule has 0 fully saturated rings. The van der Waals surface area contributed by atoms with Crippen molar-refractivity contribution in [3.8, 4) is 0 Å². The standard InChI is InChI=1S/C14H16N2O/c1-4-16-9-12(8-15-16)14(17)13-7-10(2)5-6-11(13)3/h5-9H,4H2,1-3H3. The zero-order chi connectivity index (χ0) is 12.4. The Balaban J connectivity index is 2.39. The van der Waals surface area contributed by atoms with Crippen molar-refractivity contribution in [3.05, 3.63) is 52.8 Å². The van der Waals surface area contributed by atoms with Crippen molar-refractivity contribution in [1.29, 1.82) is 0 Å². The first kappa shape index (κ1) is 11.6. The van der Waals surface area contributed by atoms with E-state index in [2.05, 4.69) is 5.10 Å². The number of nitrogens with zero attached hydrogens (tertiary/aromatic N) is 2. The lowest BCUT2D eigenvalue weighted by Crippen LogP contribution is -2.03. The highest BCUT2D eigenvalue weighted by atomic mass is 16.1. The second-order valence-electron chi connectivity index (χ2n) is 4.23. The smallest absolute Gasteiger partial charge is 0.196 e. The minimum absolute atomic E-state index is 0.0471. The molecule has 1 aromatic heterocycles. The number of rotatable bonds is 3. The fourth-order valence-corrected chi connectivity index (χ4v) is 1.79. The van der Waals surface area contributed by atoms with E-state index in [0.29, 0.717) is 5.56 Å². The van der Waals surface area contributed by atoms with E-state index in [1.54, 1.807) is 17.1 Å². The summed E-state index contributed by atoms with van der Waals surface area (Å²) >= 11 is 0. The number of benzene rings is 1. The summed E-state index contributed by atoms with van der Waals surface area (Å²) < 4.78 is 1.76. The summed E-state index contributed by atoms with van der Waals surface area (Å²) in [6, 6.07) is 5.93. The fourth-order valence-electron chi connectivity index (χ4n) is 1.79. The van der Waals surface area contributed by atoms with Gasteiger partial charge in [0.05, 0.1) is 11.8 Å². The molecule has 2 rings (SSSR count). The van der Waals surface area contributed by atoms with Crippen LogP contribution in [0.25, 0.3) is 0 Å². The molecule has 0 amide bonds. The van der Waals surface area contributed by atoms with Crippen molar-refractivity contribution >= 4 is 5.78 Å². The monoisotopic (exact) mass is 228 g/mol. The summed E-state index contributed by atoms with van der Waals surface area (Å²) in [6.45, 7) is 6.72. The molecule has 3 nitrogen and oxygen atoms in total. The van der Waals surface area contributed by atoms with E-state index in [1.165, 1.54) is 0 Å². The maximum Gasteiger partial charge on any atom is 0.196 e. The molecule has 0 unspecified atom stereocenters. The van der Waals surface area contributed by atoms with Crippen LogP contribution in [-0.4, -0.2) is 15.6 Å². The van der Waals surface area contributed by atoms with E-state index in [-0.39, 0.29) is 5.78 Å². The van der Waals surface area contributed by atoms with E-state index in [9.17, 15) is 4.79 Å². The van der Waals surface area contributed by atoms with E-state index in [1.807, 2.05) is 39.0 Å². The normalized spacial score (nSPS) is 10.5. The van der Waals surface area contributed by atoms with Gasteiger partial charge in [-0.1, -0.05) is 17.7 Å². The molecule has 17 heavy (non-hydrogen) atoms. The number of ketones is 1. The number of carbonyl (C=O) groups is 1. The quantitative estimate of drug-likeness (QED) is 0.757. The Kier molecular flexibility index (Phi) is 3.09. The van der Waals surface area contributed by atoms with Crippen LogP contribution in [0.1, 0.15) is 34.0 Å². The molecule has 0 saturated carbocycles. The molecule has 1 aromatic carbocycles. The second-order valence-corrected chi connectivity index (χ2v) is 4.23. The minimum Gasteiger partial charge on any atom is -0.288 e. The Labute approximate surface area is 101 Å². The number of aromatic nitrogens is 2. The molecule has 1 heterocycles. The number of hydrogen-bond donors (Lipinski definition) is 0. The Morgan fingerprint density at radius 1 is 1.35 bits per heavy atom. The summed E-state index contributed by atoms with van der Waals surface area (Å²) in [6.07, 6.45) is 3.43. The van der Waals surface area contributed by atoms with Gasteiger partial charge < -0.3 is 0 Å². The Hall–Kier alpha value is -1.90. The summed E-state index contributed by atoms with van der Waals surface area (Å²) in [7, 11) is 0. The van der Waals surface area contributed by atoms with Crippen LogP contribution in [0.15, 0.2) is 30.6 Å². The lowest BCUT2D eigenvalue weighted by molar-refractivity contribution is 0.103. The Morgan fingerprint density at radius 2 is 2.12 bits per heavy atom. The van der Waals surface area contributed by atoms with Gasteiger partial charge in [0.2, 0.25) is 0 Å². The lowest BCUT2D eigenvalue weighted by Gasteiger charge is -2.04. The van der Waals surface area contributed by atoms with E-state index in [4.69, 9.17) is 0 Å². The molecule has 0 aliphatic heterocycles. The van der Waals surface area contributed by atoms with Crippen LogP contribution < -0.4 is 0 Å². The maximum atomic E-state index is 12.3. The van der Waals surface area contributed by atoms with Crippen LogP contribution in [0.4, 0.5) is 0 Å². The number of carbonyl (C=O) groups excluding carboxylic acids is 1. The zero-order valence-electron chi connectivity index (χ0n) is 10.4. The molecule has 2 aromatic rings. The average molecular weight is 228 g/mol. The average Bonchev–Trinajstić information content (AvgIpc) is 2.80. The van der Waals surface area contributed by atoms with Crippen molar-refractivity contribution < 1.29 is 4.79 Å². The third kappa shape index (κ3) is 2.28. The molecule has 0 aliphatic carbocycles. The van der Waals surface area contributed by atoms with E-state index < -0.39 is 0 Å². The maximum absolute atomic E-state index is 12.3. The molecular formula is C14H16N2O. The third-order valence-electron chi connectivity index (χ3n) is 2.86. The van der Waals surface area contributed by atoms with Gasteiger partial charge in [-0.2, -0.15) is 5.10 Å². The molecule has 0 radical (unpaired) electrons. The van der Waals surface area contributed by atoms with Crippen LogP contribution in [0.5, 0.6) is 0 Å². The highest BCUT2D eigenvalue weighted by Gasteiger charge is 2.13. The van der Waals surface area contributed by atoms with Gasteiger partial charge in [0.1, 0.15) is 0 Å². The summed E-state index contributed by atoms with van der Waals surface area (Å²) in [5, 5.41) is 4.13. The van der Waals surface area contributed by atoms with Crippen molar-refractivity contribution in [3.63, 3.8) is 0 Å². The van der Waals surface area contributed by atoms with Crippen LogP contribution in [0.3, 0.4) is 0 Å². The first-order valence-corrected chi connectivity index (χ1v) is 5.76. The number of aryl methyl sites for hydroxylation is 3. The van der Waals surface area contributed by atoms with Crippen LogP contribution in [0.2, 0.25) is 0 Å². The summed E-state index contributed by atoms with van der Waals surface area (Å²) in [5.74, 6) is 0.0471. The highest BCUT2D eigenvalue weighted by Crippen LogP contribution is 2.15. The first-order chi connectivity index (χ1) is 8.11. The van der Waals surface area contributed by atoms with Gasteiger partial charge >= 0.3 is 0 Å². The van der Waals surface area contributed by atoms with Gasteiger partial charge in [-0.05, 0) is 32.4 Å². The van der Waals surface area contributed by atoms with Gasteiger partial charge in [-0.3, -0.25) is 9.48 Å². The van der Waals surface area contributed by atoms with Crippen LogP contribution in [0, 0.1) is 13.8 Å². The topological polar surface area (TPSA) is 34.9 Å². The van der Waals surface area contributed by atoms with Crippen LogP contribution >= 0.6 is 0 Å². The lowest BCUT2D eigenvalue weighted by atomic mass is 9.99. The molecule has 3 heteroatoms. The summed E-state index contributed by atoms with van der Waals surface area (Å²) in [5.41, 5.74) is 3.52. The Bertz CT molecular complexity index is 555. The molecule has 0 N–H and O–H groups in total. The van der Waals surface area contributed by atoms with E-state index in [0.717, 1.165) is 23.2 Å². The molecule has 0 atom stereocenters. The second kappa shape index (κ2) is 4.53. The summed E-state index contributed by atoms with van der Waals surface area (Å²) in [4.78, 5) is 12.3. The van der Waals surface area contributed by atoms with Crippen molar-refractivity contribution in [1.82, 2.24) is 9.78 Å². The van der Waals surface area contributed by atoms with Crippen molar-refractivity contribution in [2.75, 3.05) is 0 Å². The molecular weight excluding hydrogens is 212 g/mol. The van der Waals surface area contributed by atoms with E-state index >= 15 is 0 Å². The first-order valence-electron chi connectivity index (χ1n) is 5.76. The SMILES string of the molecule is CCn1cc(C(=O)c2cc(C)ccc2C)cn1. The predicted octanol–water partition coefficient (Wildman–Crippen LogP) is 2.75. The highest BCUT2D eigenvalue weighted by molar-refractivity contribution is 6.09. The van der Waals surface area contributed by atoms with Gasteiger partial charge in [0.25, 0.3) is 0 Å². The molecule has 0 spiro atoms. The van der Waals surface area contributed by atoms with Gasteiger partial charge in [0.15, 0.2) is 5.78 Å². The van der Waals surface area contributed by atoms with Crippen LogP contribution in [-0.2, 0) is 6.54 Å². The Morgan fingerprint density at radius 3 is 2.76 bits per heavy atom. The van der Waals surface area contributed by atoms with Gasteiger partial charge in [-0.25, -0.2) is 0 Å². The predicted molar refractivity (Wildman–Crippen MR) is 67.2 cm³/mol. The van der Waals surface area contributed by atoms with Gasteiger partial charge in [0, 0.05) is 18.3 Å². The number of hydrogen-bond acceptors (Lipinski definition) is 2.